The number of hydrogen-bond donors (Lipinski definition) is 2. The van der Waals surface area contributed by atoms with Gasteiger partial charge in [0.1, 0.15) is 5.60 Å². The maximum absolute atomic E-state index is 11.4. The number of halogens is 1. The van der Waals surface area contributed by atoms with E-state index in [4.69, 9.17) is 9.47 Å². The number of rotatable bonds is 3. The molecule has 0 heterocycles. The van der Waals surface area contributed by atoms with Gasteiger partial charge in [-0.25, -0.2) is 10.2 Å². The summed E-state index contributed by atoms with van der Waals surface area (Å²) in [7, 11) is 1.45. The summed E-state index contributed by atoms with van der Waals surface area (Å²) in [5, 5.41) is 13.6. The topological polar surface area (TPSA) is 80.2 Å². The van der Waals surface area contributed by atoms with Gasteiger partial charge in [0.25, 0.3) is 0 Å². The second-order valence-electron chi connectivity index (χ2n) is 4.92. The Morgan fingerprint density at radius 1 is 1.45 bits per heavy atom. The summed E-state index contributed by atoms with van der Waals surface area (Å²) in [6, 6.07) is 3.26. The highest BCUT2D eigenvalue weighted by atomic mass is 79.9. The second-order valence-corrected chi connectivity index (χ2v) is 5.83. The number of carbonyl (C=O) groups is 1. The maximum atomic E-state index is 11.4. The molecular formula is C13H17BrN2O4. The number of ether oxygens (including phenoxy) is 2. The number of carbonyl (C=O) groups excluding carboxylic acids is 1. The van der Waals surface area contributed by atoms with Gasteiger partial charge < -0.3 is 14.6 Å². The van der Waals surface area contributed by atoms with Gasteiger partial charge >= 0.3 is 6.09 Å². The highest BCUT2D eigenvalue weighted by Crippen LogP contribution is 2.32. The minimum absolute atomic E-state index is 0.0644. The predicted molar refractivity (Wildman–Crippen MR) is 79.3 cm³/mol. The van der Waals surface area contributed by atoms with E-state index < -0.39 is 11.7 Å². The number of aromatic hydroxyl groups is 1. The zero-order valence-corrected chi connectivity index (χ0v) is 13.3. The van der Waals surface area contributed by atoms with E-state index in [1.807, 2.05) is 0 Å². The summed E-state index contributed by atoms with van der Waals surface area (Å²) in [5.41, 5.74) is 2.01. The van der Waals surface area contributed by atoms with E-state index in [0.717, 1.165) is 0 Å². The first kappa shape index (κ1) is 16.3. The summed E-state index contributed by atoms with van der Waals surface area (Å²) in [6.45, 7) is 5.25. The van der Waals surface area contributed by atoms with Crippen LogP contribution in [0.3, 0.4) is 0 Å². The Bertz CT molecular complexity index is 524. The van der Waals surface area contributed by atoms with Gasteiger partial charge in [0.05, 0.1) is 13.3 Å². The van der Waals surface area contributed by atoms with Crippen LogP contribution in [0.2, 0.25) is 0 Å². The third kappa shape index (κ3) is 5.08. The molecule has 110 valence electrons. The molecular weight excluding hydrogens is 328 g/mol. The van der Waals surface area contributed by atoms with E-state index in [9.17, 15) is 9.90 Å². The van der Waals surface area contributed by atoms with Crippen LogP contribution in [0.25, 0.3) is 0 Å². The number of phenolic OH excluding ortho intramolecular Hbond substituents is 1. The fraction of sp³-hybridized carbons (Fsp3) is 0.385. The van der Waals surface area contributed by atoms with Crippen molar-refractivity contribution in [1.82, 2.24) is 5.43 Å². The minimum atomic E-state index is -0.671. The third-order valence-corrected chi connectivity index (χ3v) is 2.51. The standard InChI is InChI=1S/C13H17BrN2O4/c1-13(2,3)20-12(18)16-15-7-8-5-9(14)6-10(19-4)11(8)17/h5-7,17H,1-4H3,(H,16,18)/b15-7+. The minimum Gasteiger partial charge on any atom is -0.504 e. The molecule has 7 heteroatoms. The second kappa shape index (κ2) is 6.60. The lowest BCUT2D eigenvalue weighted by atomic mass is 10.2. The molecule has 0 atom stereocenters. The van der Waals surface area contributed by atoms with E-state index >= 15 is 0 Å². The Labute approximate surface area is 125 Å². The van der Waals surface area contributed by atoms with Crippen LogP contribution in [-0.2, 0) is 4.74 Å². The van der Waals surface area contributed by atoms with Crippen molar-refractivity contribution in [2.24, 2.45) is 5.10 Å². The zero-order valence-electron chi connectivity index (χ0n) is 11.7. The molecule has 0 aromatic heterocycles. The van der Waals surface area contributed by atoms with E-state index in [1.54, 1.807) is 32.9 Å². The quantitative estimate of drug-likeness (QED) is 0.652. The average Bonchev–Trinajstić information content (AvgIpc) is 2.30. The first-order chi connectivity index (χ1) is 9.23. The Morgan fingerprint density at radius 3 is 2.65 bits per heavy atom. The summed E-state index contributed by atoms with van der Waals surface area (Å²) in [5.74, 6) is 0.239. The molecule has 6 nitrogen and oxygen atoms in total. The molecule has 1 rings (SSSR count). The highest BCUT2D eigenvalue weighted by Gasteiger charge is 2.15. The van der Waals surface area contributed by atoms with Crippen molar-refractivity contribution in [2.75, 3.05) is 7.11 Å². The van der Waals surface area contributed by atoms with Crippen LogP contribution in [0.5, 0.6) is 11.5 Å². The van der Waals surface area contributed by atoms with E-state index in [0.29, 0.717) is 15.8 Å². The van der Waals surface area contributed by atoms with Crippen molar-refractivity contribution in [3.05, 3.63) is 22.2 Å². The van der Waals surface area contributed by atoms with Gasteiger partial charge in [-0.2, -0.15) is 5.10 Å². The van der Waals surface area contributed by atoms with E-state index in [2.05, 4.69) is 26.5 Å². The van der Waals surface area contributed by atoms with Gasteiger partial charge in [-0.3, -0.25) is 0 Å². The summed E-state index contributed by atoms with van der Waals surface area (Å²) >= 11 is 3.28. The van der Waals surface area contributed by atoms with Crippen LogP contribution in [0.15, 0.2) is 21.7 Å². The predicted octanol–water partition coefficient (Wildman–Crippen LogP) is 3.02. The monoisotopic (exact) mass is 344 g/mol. The zero-order chi connectivity index (χ0) is 15.3. The van der Waals surface area contributed by atoms with Gasteiger partial charge in [0, 0.05) is 10.0 Å². The molecule has 0 spiro atoms. The molecule has 20 heavy (non-hydrogen) atoms. The number of phenols is 1. The van der Waals surface area contributed by atoms with Crippen LogP contribution >= 0.6 is 15.9 Å². The molecule has 0 radical (unpaired) electrons. The third-order valence-electron chi connectivity index (χ3n) is 2.05. The molecule has 0 unspecified atom stereocenters. The molecule has 1 aromatic carbocycles. The van der Waals surface area contributed by atoms with Gasteiger partial charge in [0.2, 0.25) is 0 Å². The van der Waals surface area contributed by atoms with Crippen LogP contribution in [0.4, 0.5) is 4.79 Å². The molecule has 0 saturated carbocycles. The number of hydrogen-bond acceptors (Lipinski definition) is 5. The average molecular weight is 345 g/mol. The Hall–Kier alpha value is -1.76. The summed E-state index contributed by atoms with van der Waals surface area (Å²) in [4.78, 5) is 11.4. The van der Waals surface area contributed by atoms with Crippen molar-refractivity contribution in [3.63, 3.8) is 0 Å². The number of benzene rings is 1. The molecule has 1 amide bonds. The van der Waals surface area contributed by atoms with Gasteiger partial charge in [-0.05, 0) is 32.9 Å². The number of methoxy groups -OCH3 is 1. The first-order valence-corrected chi connectivity index (χ1v) is 6.61. The Morgan fingerprint density at radius 2 is 2.10 bits per heavy atom. The van der Waals surface area contributed by atoms with Gasteiger partial charge in [0.15, 0.2) is 11.5 Å². The molecule has 0 aliphatic rings. The maximum Gasteiger partial charge on any atom is 0.428 e. The van der Waals surface area contributed by atoms with Crippen LogP contribution in [0.1, 0.15) is 26.3 Å². The van der Waals surface area contributed by atoms with E-state index in [-0.39, 0.29) is 5.75 Å². The van der Waals surface area contributed by atoms with Crippen molar-refractivity contribution in [1.29, 1.82) is 0 Å². The first-order valence-electron chi connectivity index (χ1n) is 5.81. The Balaban J connectivity index is 2.76. The van der Waals surface area contributed by atoms with Crippen LogP contribution in [-0.4, -0.2) is 30.1 Å². The van der Waals surface area contributed by atoms with E-state index in [1.165, 1.54) is 13.3 Å². The molecule has 0 aliphatic heterocycles. The molecule has 0 fully saturated rings. The summed E-state index contributed by atoms with van der Waals surface area (Å²) in [6.07, 6.45) is 0.627. The van der Waals surface area contributed by atoms with Crippen molar-refractivity contribution in [2.45, 2.75) is 26.4 Å². The number of amides is 1. The van der Waals surface area contributed by atoms with Gasteiger partial charge in [-0.15, -0.1) is 0 Å². The lowest BCUT2D eigenvalue weighted by molar-refractivity contribution is 0.0529. The van der Waals surface area contributed by atoms with Gasteiger partial charge in [-0.1, -0.05) is 15.9 Å². The number of hydrazone groups is 1. The molecule has 2 N–H and O–H groups in total. The van der Waals surface area contributed by atoms with Crippen molar-refractivity contribution >= 4 is 28.2 Å². The highest BCUT2D eigenvalue weighted by molar-refractivity contribution is 9.10. The SMILES string of the molecule is COc1cc(Br)cc(/C=N/NC(=O)OC(C)(C)C)c1O. The molecule has 0 bridgehead atoms. The lowest BCUT2D eigenvalue weighted by Crippen LogP contribution is -2.29. The number of nitrogens with zero attached hydrogens (tertiary/aromatic N) is 1. The van der Waals surface area contributed by atoms with Crippen molar-refractivity contribution < 1.29 is 19.4 Å². The summed E-state index contributed by atoms with van der Waals surface area (Å²) < 4.78 is 10.7. The molecule has 0 saturated heterocycles. The van der Waals surface area contributed by atoms with Crippen molar-refractivity contribution in [3.8, 4) is 11.5 Å². The molecule has 0 aliphatic carbocycles. The lowest BCUT2D eigenvalue weighted by Gasteiger charge is -2.18. The Kier molecular flexibility index (Phi) is 5.38. The fourth-order valence-corrected chi connectivity index (χ4v) is 1.76. The normalized spacial score (nSPS) is 11.4. The largest absolute Gasteiger partial charge is 0.504 e. The fourth-order valence-electron chi connectivity index (χ4n) is 1.30. The van der Waals surface area contributed by atoms with Crippen LogP contribution in [0, 0.1) is 0 Å². The van der Waals surface area contributed by atoms with Crippen LogP contribution < -0.4 is 10.2 Å². The molecule has 1 aromatic rings. The number of nitrogens with one attached hydrogen (secondary N) is 1. The smallest absolute Gasteiger partial charge is 0.428 e.